The average Bonchev–Trinajstić information content (AvgIpc) is 2.07. The van der Waals surface area contributed by atoms with E-state index in [2.05, 4.69) is 11.5 Å². The van der Waals surface area contributed by atoms with E-state index >= 15 is 0 Å². The van der Waals surface area contributed by atoms with Crippen molar-refractivity contribution >= 4 is 21.1 Å². The van der Waals surface area contributed by atoms with Gasteiger partial charge in [0.1, 0.15) is 0 Å². The van der Waals surface area contributed by atoms with E-state index in [4.69, 9.17) is 11.6 Å². The number of alkyl halides is 1. The Hall–Kier alpha value is -0.713. The fraction of sp³-hybridized carbons (Fsp3) is 0.111. The average molecular weight is 179 g/mol. The summed E-state index contributed by atoms with van der Waals surface area (Å²) in [5.74, 6) is 3.02. The molecule has 54 valence electrons. The van der Waals surface area contributed by atoms with E-state index in [1.165, 1.54) is 0 Å². The van der Waals surface area contributed by atoms with Gasteiger partial charge < -0.3 is 0 Å². The summed E-state index contributed by atoms with van der Waals surface area (Å²) in [4.78, 5) is 0. The van der Waals surface area contributed by atoms with Crippen LogP contribution < -0.4 is 0 Å². The third-order valence-corrected chi connectivity index (χ3v) is 1.97. The molecule has 0 spiro atoms. The van der Waals surface area contributed by atoms with Crippen LogP contribution in [0.2, 0.25) is 0 Å². The van der Waals surface area contributed by atoms with Gasteiger partial charge in [0.25, 0.3) is 0 Å². The van der Waals surface area contributed by atoms with Gasteiger partial charge in [0, 0.05) is 11.1 Å². The first-order valence-corrected chi connectivity index (χ1v) is 5.02. The molecular formula is C9H7ClSi. The van der Waals surface area contributed by atoms with Crippen LogP contribution in [0.3, 0.4) is 0 Å². The van der Waals surface area contributed by atoms with E-state index in [0.29, 0.717) is 15.0 Å². The fourth-order valence-corrected chi connectivity index (χ4v) is 1.17. The van der Waals surface area contributed by atoms with E-state index in [9.17, 15) is 0 Å². The molecule has 0 saturated heterocycles. The standard InChI is InChI=1S/C9H7ClSi/c10-8-11-7-6-9-4-2-1-3-5-9/h1-5H,8H2. The highest BCUT2D eigenvalue weighted by atomic mass is 35.5. The molecule has 2 radical (unpaired) electrons. The smallest absolute Gasteiger partial charge is 0.129 e. The molecule has 0 aliphatic heterocycles. The molecule has 0 aromatic heterocycles. The quantitative estimate of drug-likeness (QED) is 0.350. The van der Waals surface area contributed by atoms with Crippen molar-refractivity contribution in [2.75, 3.05) is 5.50 Å². The van der Waals surface area contributed by atoms with Crippen LogP contribution in [0.5, 0.6) is 0 Å². The Balaban J connectivity index is 2.59. The normalized spacial score (nSPS) is 8.45. The van der Waals surface area contributed by atoms with Crippen LogP contribution in [-0.2, 0) is 0 Å². The molecule has 11 heavy (non-hydrogen) atoms. The molecule has 0 heterocycles. The highest BCUT2D eigenvalue weighted by Crippen LogP contribution is 1.93. The Kier molecular flexibility index (Phi) is 3.82. The monoisotopic (exact) mass is 178 g/mol. The molecule has 0 amide bonds. The molecule has 0 nitrogen and oxygen atoms in total. The Bertz CT molecular complexity index is 258. The van der Waals surface area contributed by atoms with E-state index < -0.39 is 0 Å². The summed E-state index contributed by atoms with van der Waals surface area (Å²) < 4.78 is 0. The SMILES string of the molecule is ClC[Si]C#Cc1ccccc1. The minimum Gasteiger partial charge on any atom is -0.129 e. The third-order valence-electron chi connectivity index (χ3n) is 1.14. The van der Waals surface area contributed by atoms with Crippen molar-refractivity contribution in [3.63, 3.8) is 0 Å². The molecule has 0 atom stereocenters. The maximum atomic E-state index is 5.48. The van der Waals surface area contributed by atoms with Gasteiger partial charge in [-0.15, -0.1) is 17.1 Å². The molecular weight excluding hydrogens is 172 g/mol. The first-order chi connectivity index (χ1) is 5.43. The number of hydrogen-bond acceptors (Lipinski definition) is 0. The lowest BCUT2D eigenvalue weighted by atomic mass is 10.2. The van der Waals surface area contributed by atoms with Crippen LogP contribution in [0.25, 0.3) is 0 Å². The van der Waals surface area contributed by atoms with Crippen molar-refractivity contribution in [2.24, 2.45) is 0 Å². The van der Waals surface area contributed by atoms with Crippen molar-refractivity contribution in [1.29, 1.82) is 0 Å². The molecule has 1 aromatic rings. The molecule has 1 rings (SSSR count). The van der Waals surface area contributed by atoms with Crippen LogP contribution in [0.1, 0.15) is 5.56 Å². The molecule has 0 unspecified atom stereocenters. The molecule has 0 fully saturated rings. The second-order valence-electron chi connectivity index (χ2n) is 1.93. The molecule has 0 N–H and O–H groups in total. The van der Waals surface area contributed by atoms with Gasteiger partial charge in [0.15, 0.2) is 9.52 Å². The zero-order valence-corrected chi connectivity index (χ0v) is 7.73. The molecule has 1 aromatic carbocycles. The van der Waals surface area contributed by atoms with E-state index in [1.54, 1.807) is 0 Å². The molecule has 0 aliphatic rings. The largest absolute Gasteiger partial charge is 0.164 e. The van der Waals surface area contributed by atoms with Crippen molar-refractivity contribution in [2.45, 2.75) is 0 Å². The molecule has 0 bridgehead atoms. The third kappa shape index (κ3) is 3.27. The lowest BCUT2D eigenvalue weighted by Crippen LogP contribution is -1.85. The number of halogens is 1. The van der Waals surface area contributed by atoms with E-state index in [-0.39, 0.29) is 0 Å². The van der Waals surface area contributed by atoms with Gasteiger partial charge in [-0.05, 0) is 12.1 Å². The summed E-state index contributed by atoms with van der Waals surface area (Å²) in [6.07, 6.45) is 0. The predicted molar refractivity (Wildman–Crippen MR) is 49.8 cm³/mol. The second kappa shape index (κ2) is 5.01. The predicted octanol–water partition coefficient (Wildman–Crippen LogP) is 1.90. The maximum absolute atomic E-state index is 5.48. The van der Waals surface area contributed by atoms with Crippen LogP contribution >= 0.6 is 11.6 Å². The van der Waals surface area contributed by atoms with Gasteiger partial charge in [0.05, 0.1) is 0 Å². The molecule has 2 heteroatoms. The topological polar surface area (TPSA) is 0 Å². The summed E-state index contributed by atoms with van der Waals surface area (Å²) in [6, 6.07) is 9.92. The Morgan fingerprint density at radius 3 is 2.64 bits per heavy atom. The van der Waals surface area contributed by atoms with Gasteiger partial charge in [-0.3, -0.25) is 0 Å². The van der Waals surface area contributed by atoms with Crippen LogP contribution in [-0.4, -0.2) is 15.0 Å². The first-order valence-electron chi connectivity index (χ1n) is 3.28. The van der Waals surface area contributed by atoms with Crippen molar-refractivity contribution in [3.8, 4) is 11.5 Å². The molecule has 0 saturated carbocycles. The van der Waals surface area contributed by atoms with E-state index in [1.807, 2.05) is 30.3 Å². The van der Waals surface area contributed by atoms with Gasteiger partial charge in [-0.1, -0.05) is 24.1 Å². The summed E-state index contributed by atoms with van der Waals surface area (Å²) in [6.45, 7) is 0. The minimum atomic E-state index is 0.545. The zero-order valence-electron chi connectivity index (χ0n) is 5.97. The van der Waals surface area contributed by atoms with Gasteiger partial charge in [0.2, 0.25) is 0 Å². The zero-order chi connectivity index (χ0) is 7.94. The van der Waals surface area contributed by atoms with Crippen molar-refractivity contribution in [3.05, 3.63) is 35.9 Å². The lowest BCUT2D eigenvalue weighted by molar-refractivity contribution is 1.65. The van der Waals surface area contributed by atoms with Crippen LogP contribution in [0.15, 0.2) is 30.3 Å². The Morgan fingerprint density at radius 2 is 2.00 bits per heavy atom. The highest BCUT2D eigenvalue weighted by Gasteiger charge is 1.80. The van der Waals surface area contributed by atoms with Gasteiger partial charge in [-0.2, -0.15) is 0 Å². The fourth-order valence-electron chi connectivity index (χ4n) is 0.671. The highest BCUT2D eigenvalue weighted by molar-refractivity contribution is 6.57. The molecule has 0 aliphatic carbocycles. The summed E-state index contributed by atoms with van der Waals surface area (Å²) in [7, 11) is 0.545. The summed E-state index contributed by atoms with van der Waals surface area (Å²) >= 11 is 5.48. The summed E-state index contributed by atoms with van der Waals surface area (Å²) in [5.41, 5.74) is 4.70. The van der Waals surface area contributed by atoms with Crippen LogP contribution in [0.4, 0.5) is 0 Å². The Morgan fingerprint density at radius 1 is 1.27 bits per heavy atom. The Labute approximate surface area is 74.4 Å². The van der Waals surface area contributed by atoms with Gasteiger partial charge in [-0.25, -0.2) is 0 Å². The van der Waals surface area contributed by atoms with Crippen LogP contribution in [0, 0.1) is 11.5 Å². The lowest BCUT2D eigenvalue weighted by Gasteiger charge is -1.84. The second-order valence-corrected chi connectivity index (χ2v) is 3.60. The van der Waals surface area contributed by atoms with Crippen molar-refractivity contribution < 1.29 is 0 Å². The minimum absolute atomic E-state index is 0.545. The van der Waals surface area contributed by atoms with Crippen molar-refractivity contribution in [1.82, 2.24) is 0 Å². The number of benzene rings is 1. The van der Waals surface area contributed by atoms with E-state index in [0.717, 1.165) is 5.56 Å². The number of rotatable bonds is 1. The summed E-state index contributed by atoms with van der Waals surface area (Å²) in [5, 5.41) is 0. The van der Waals surface area contributed by atoms with Gasteiger partial charge >= 0.3 is 0 Å². The maximum Gasteiger partial charge on any atom is 0.164 e. The first kappa shape index (κ1) is 8.38. The number of hydrogen-bond donors (Lipinski definition) is 0.